The Labute approximate surface area is 304 Å². The Kier molecular flexibility index (Phi) is 11.2. The number of hydrogen-bond acceptors (Lipinski definition) is 5. The van der Waals surface area contributed by atoms with Gasteiger partial charge in [-0.2, -0.15) is 0 Å². The van der Waals surface area contributed by atoms with Crippen molar-refractivity contribution in [2.45, 2.75) is 178 Å². The van der Waals surface area contributed by atoms with E-state index < -0.39 is 17.4 Å². The van der Waals surface area contributed by atoms with Gasteiger partial charge in [-0.15, -0.1) is 0 Å². The summed E-state index contributed by atoms with van der Waals surface area (Å²) in [5.74, 6) is 0.863. The van der Waals surface area contributed by atoms with Crippen molar-refractivity contribution in [3.8, 4) is 0 Å². The highest BCUT2D eigenvalue weighted by atomic mass is 16.5. The Morgan fingerprint density at radius 2 is 1.48 bits per heavy atom. The predicted octanol–water partition coefficient (Wildman–Crippen LogP) is 11.0. The zero-order valence-electron chi connectivity index (χ0n) is 33.4. The minimum Gasteiger partial charge on any atom is -0.481 e. The van der Waals surface area contributed by atoms with Gasteiger partial charge in [-0.3, -0.25) is 14.4 Å². The van der Waals surface area contributed by atoms with Crippen LogP contribution >= 0.6 is 0 Å². The molecule has 1 N–H and O–H groups in total. The number of carboxylic acid groups (broad SMARTS) is 1. The van der Waals surface area contributed by atoms with Crippen LogP contribution in [0.15, 0.2) is 12.2 Å². The summed E-state index contributed by atoms with van der Waals surface area (Å²) in [7, 11) is 0. The van der Waals surface area contributed by atoms with Gasteiger partial charge in [0.1, 0.15) is 6.10 Å². The minimum atomic E-state index is -1.14. The molecule has 0 heterocycles. The molecule has 5 fully saturated rings. The van der Waals surface area contributed by atoms with Gasteiger partial charge in [-0.1, -0.05) is 85.8 Å². The number of ether oxygens (including phenoxy) is 2. The van der Waals surface area contributed by atoms with Crippen LogP contribution in [0, 0.1) is 62.1 Å². The third kappa shape index (κ3) is 6.41. The van der Waals surface area contributed by atoms with Crippen molar-refractivity contribution in [1.82, 2.24) is 0 Å². The number of allylic oxidation sites excluding steroid dienone is 1. The molecule has 0 aromatic carbocycles. The summed E-state index contributed by atoms with van der Waals surface area (Å²) in [4.78, 5) is 39.0. The van der Waals surface area contributed by atoms with Crippen LogP contribution in [0.2, 0.25) is 0 Å². The zero-order valence-corrected chi connectivity index (χ0v) is 33.4. The van der Waals surface area contributed by atoms with E-state index in [0.29, 0.717) is 36.2 Å². The van der Waals surface area contributed by atoms with E-state index in [4.69, 9.17) is 9.47 Å². The molecule has 0 radical (unpaired) electrons. The van der Waals surface area contributed by atoms with E-state index in [2.05, 4.69) is 55.0 Å². The Morgan fingerprint density at radius 3 is 2.14 bits per heavy atom. The first-order valence-electron chi connectivity index (χ1n) is 20.6. The minimum absolute atomic E-state index is 0.0890. The van der Waals surface area contributed by atoms with E-state index >= 15 is 0 Å². The van der Waals surface area contributed by atoms with Gasteiger partial charge in [0, 0.05) is 5.41 Å². The molecule has 0 aromatic heterocycles. The van der Waals surface area contributed by atoms with E-state index in [-0.39, 0.29) is 45.6 Å². The number of carbonyl (C=O) groups is 3. The largest absolute Gasteiger partial charge is 0.481 e. The highest BCUT2D eigenvalue weighted by Gasteiger charge is 2.72. The van der Waals surface area contributed by atoms with Crippen LogP contribution in [0.5, 0.6) is 0 Å². The Morgan fingerprint density at radius 1 is 0.800 bits per heavy atom. The summed E-state index contributed by atoms with van der Waals surface area (Å²) >= 11 is 0. The van der Waals surface area contributed by atoms with Crippen molar-refractivity contribution >= 4 is 17.9 Å². The molecular formula is C44H72O6. The van der Waals surface area contributed by atoms with Crippen molar-refractivity contribution in [1.29, 1.82) is 0 Å². The van der Waals surface area contributed by atoms with Crippen LogP contribution in [0.1, 0.15) is 171 Å². The monoisotopic (exact) mass is 697 g/mol. The first-order chi connectivity index (χ1) is 23.3. The summed E-state index contributed by atoms with van der Waals surface area (Å²) in [6.07, 6.45) is 17.3. The van der Waals surface area contributed by atoms with Crippen LogP contribution < -0.4 is 0 Å². The molecule has 50 heavy (non-hydrogen) atoms. The lowest BCUT2D eigenvalue weighted by Crippen LogP contribution is -2.67. The normalized spacial score (nSPS) is 40.4. The third-order valence-corrected chi connectivity index (χ3v) is 16.6. The molecule has 0 spiro atoms. The number of esters is 2. The quantitative estimate of drug-likeness (QED) is 0.117. The van der Waals surface area contributed by atoms with E-state index in [1.54, 1.807) is 13.8 Å². The number of fused-ring (bicyclic) bond motifs is 7. The maximum atomic E-state index is 14.3. The summed E-state index contributed by atoms with van der Waals surface area (Å²) in [6, 6.07) is 0. The SMILES string of the molecule is C=C(C)[C@@H]1CC[C@]2(C(=O)OCCCCCCCC)CC[C@]3(C)[C@H](CC[C@@H]4[C@@]5(C)CC[C@H](OC(=O)CC(C)(C)C(=O)O)C(C)(C)[C@@H]5CC[C@]43C)[C@@H]12. The first kappa shape index (κ1) is 39.4. The highest BCUT2D eigenvalue weighted by Crippen LogP contribution is 2.77. The molecule has 0 aliphatic heterocycles. The molecule has 0 amide bonds. The lowest BCUT2D eigenvalue weighted by Gasteiger charge is -2.72. The van der Waals surface area contributed by atoms with Crippen LogP contribution in [0.3, 0.4) is 0 Å². The van der Waals surface area contributed by atoms with Gasteiger partial charge in [0.05, 0.1) is 23.9 Å². The molecule has 6 nitrogen and oxygen atoms in total. The van der Waals surface area contributed by atoms with Crippen molar-refractivity contribution in [2.24, 2.45) is 62.1 Å². The molecule has 0 unspecified atom stereocenters. The van der Waals surface area contributed by atoms with E-state index in [1.165, 1.54) is 37.7 Å². The van der Waals surface area contributed by atoms with Crippen molar-refractivity contribution < 1.29 is 29.0 Å². The second kappa shape index (κ2) is 14.2. The van der Waals surface area contributed by atoms with Crippen molar-refractivity contribution in [3.05, 3.63) is 12.2 Å². The second-order valence-corrected chi connectivity index (χ2v) is 19.9. The van der Waals surface area contributed by atoms with Crippen LogP contribution in [-0.4, -0.2) is 35.7 Å². The summed E-state index contributed by atoms with van der Waals surface area (Å²) in [5.41, 5.74) is -0.0623. The van der Waals surface area contributed by atoms with Gasteiger partial charge in [0.25, 0.3) is 0 Å². The molecule has 0 bridgehead atoms. The fourth-order valence-corrected chi connectivity index (χ4v) is 13.5. The van der Waals surface area contributed by atoms with Gasteiger partial charge >= 0.3 is 17.9 Å². The number of carbonyl (C=O) groups excluding carboxylic acids is 2. The fraction of sp³-hybridized carbons (Fsp3) is 0.886. The summed E-state index contributed by atoms with van der Waals surface area (Å²) in [6.45, 7) is 25.1. The molecule has 284 valence electrons. The number of hydrogen-bond donors (Lipinski definition) is 1. The third-order valence-electron chi connectivity index (χ3n) is 16.6. The van der Waals surface area contributed by atoms with Gasteiger partial charge < -0.3 is 14.6 Å². The number of unbranched alkanes of at least 4 members (excludes halogenated alkanes) is 5. The predicted molar refractivity (Wildman–Crippen MR) is 199 cm³/mol. The average molecular weight is 697 g/mol. The first-order valence-corrected chi connectivity index (χ1v) is 20.6. The van der Waals surface area contributed by atoms with Gasteiger partial charge in [0.15, 0.2) is 0 Å². The average Bonchev–Trinajstić information content (AvgIpc) is 3.43. The number of aliphatic carboxylic acids is 1. The standard InChI is InChI=1S/C44H72O6/c1-11-12-13-14-15-16-27-49-38(48)44-24-19-30(29(2)3)36(44)31-17-18-33-41(8)22-21-34(50-35(45)28-39(4,5)37(46)47)40(6,7)32(41)20-23-43(33,10)42(31,9)25-26-44/h30-34,36H,2,11-28H2,1,3-10H3,(H,46,47)/t30-,31+,32-,33+,34-,36+,41-,42+,43+,44-/m0/s1. The Balaban J connectivity index is 1.35. The topological polar surface area (TPSA) is 89.9 Å². The fourth-order valence-electron chi connectivity index (χ4n) is 13.5. The van der Waals surface area contributed by atoms with Crippen molar-refractivity contribution in [3.63, 3.8) is 0 Å². The van der Waals surface area contributed by atoms with Gasteiger partial charge in [-0.05, 0) is 137 Å². The van der Waals surface area contributed by atoms with E-state index in [0.717, 1.165) is 70.6 Å². The molecule has 0 saturated heterocycles. The van der Waals surface area contributed by atoms with Crippen LogP contribution in [0.4, 0.5) is 0 Å². The van der Waals surface area contributed by atoms with Crippen LogP contribution in [0.25, 0.3) is 0 Å². The van der Waals surface area contributed by atoms with Crippen LogP contribution in [-0.2, 0) is 23.9 Å². The zero-order chi connectivity index (χ0) is 36.9. The number of carboxylic acids is 1. The van der Waals surface area contributed by atoms with E-state index in [1.807, 2.05) is 0 Å². The molecule has 6 heteroatoms. The highest BCUT2D eigenvalue weighted by molar-refractivity contribution is 5.81. The molecule has 0 aromatic rings. The molecule has 10 atom stereocenters. The van der Waals surface area contributed by atoms with Gasteiger partial charge in [0.2, 0.25) is 0 Å². The Hall–Kier alpha value is -1.85. The number of rotatable bonds is 13. The van der Waals surface area contributed by atoms with Gasteiger partial charge in [-0.25, -0.2) is 0 Å². The smallest absolute Gasteiger partial charge is 0.312 e. The maximum Gasteiger partial charge on any atom is 0.312 e. The lowest BCUT2D eigenvalue weighted by molar-refractivity contribution is -0.251. The summed E-state index contributed by atoms with van der Waals surface area (Å²) < 4.78 is 12.4. The molecule has 5 aliphatic rings. The Bertz CT molecular complexity index is 1300. The maximum absolute atomic E-state index is 14.3. The second-order valence-electron chi connectivity index (χ2n) is 19.9. The summed E-state index contributed by atoms with van der Waals surface area (Å²) in [5, 5.41) is 9.60. The van der Waals surface area contributed by atoms with E-state index in [9.17, 15) is 19.5 Å². The molecule has 5 rings (SSSR count). The lowest BCUT2D eigenvalue weighted by atomic mass is 9.32. The molecule has 5 saturated carbocycles. The van der Waals surface area contributed by atoms with Crippen molar-refractivity contribution in [2.75, 3.05) is 6.61 Å². The molecule has 5 aliphatic carbocycles. The molecular weight excluding hydrogens is 624 g/mol.